The number of nitrogens with two attached hydrogens (primary N) is 1. The molecule has 5 nitrogen and oxygen atoms in total. The Morgan fingerprint density at radius 1 is 0.923 bits per heavy atom. The number of carbonyl (C=O) groups excluding carboxylic acids is 2. The first-order valence-electron chi connectivity index (χ1n) is 8.19. The topological polar surface area (TPSA) is 84.2 Å². The fourth-order valence-electron chi connectivity index (χ4n) is 2.27. The van der Waals surface area contributed by atoms with Gasteiger partial charge in [-0.2, -0.15) is 0 Å². The van der Waals surface area contributed by atoms with Gasteiger partial charge < -0.3 is 16.4 Å². The molecule has 0 saturated heterocycles. The molecule has 0 aromatic heterocycles. The minimum atomic E-state index is -0.382. The molecule has 2 aromatic rings. The summed E-state index contributed by atoms with van der Waals surface area (Å²) in [6.45, 7) is 0.951. The summed E-state index contributed by atoms with van der Waals surface area (Å²) in [4.78, 5) is 23.6. The first-order valence-corrected chi connectivity index (χ1v) is 8.19. The highest BCUT2D eigenvalue weighted by atomic mass is 35.5. The highest BCUT2D eigenvalue weighted by molar-refractivity contribution is 5.94. The lowest BCUT2D eigenvalue weighted by molar-refractivity contribution is -0.121. The van der Waals surface area contributed by atoms with E-state index in [-0.39, 0.29) is 30.0 Å². The Morgan fingerprint density at radius 3 is 2.23 bits per heavy atom. The smallest absolute Gasteiger partial charge is 0.251 e. The van der Waals surface area contributed by atoms with Crippen LogP contribution in [0.3, 0.4) is 0 Å². The highest BCUT2D eigenvalue weighted by Crippen LogP contribution is 2.05. The number of carbonyl (C=O) groups is 2. The van der Waals surface area contributed by atoms with Crippen LogP contribution in [0.5, 0.6) is 0 Å². The van der Waals surface area contributed by atoms with Gasteiger partial charge in [-0.3, -0.25) is 9.59 Å². The summed E-state index contributed by atoms with van der Waals surface area (Å²) in [6, 6.07) is 12.9. The summed E-state index contributed by atoms with van der Waals surface area (Å²) in [5.41, 5.74) is 7.85. The molecule has 4 N–H and O–H groups in total. The standard InChI is InChI=1S/C19H22FN3O2.ClH/c20-16-7-5-15(6-8-16)19(25)23-12-1-2-18(24)22-13-11-14-3-9-17(21)10-4-14;/h3-10H,1-2,11-13,21H2,(H,22,24)(H,23,25);1H. The van der Waals surface area contributed by atoms with E-state index in [1.165, 1.54) is 24.3 Å². The van der Waals surface area contributed by atoms with Gasteiger partial charge in [0.05, 0.1) is 0 Å². The van der Waals surface area contributed by atoms with E-state index in [2.05, 4.69) is 10.6 Å². The van der Waals surface area contributed by atoms with Gasteiger partial charge in [-0.1, -0.05) is 12.1 Å². The first kappa shape index (κ1) is 21.4. The first-order chi connectivity index (χ1) is 12.0. The molecular formula is C19H23ClFN3O2. The maximum atomic E-state index is 12.8. The minimum absolute atomic E-state index is 0. The Kier molecular flexibility index (Phi) is 9.15. The predicted octanol–water partition coefficient (Wildman–Crippen LogP) is 2.70. The van der Waals surface area contributed by atoms with Crippen molar-refractivity contribution in [2.45, 2.75) is 19.3 Å². The Hall–Kier alpha value is -2.60. The van der Waals surface area contributed by atoms with Crippen LogP contribution < -0.4 is 16.4 Å². The lowest BCUT2D eigenvalue weighted by Crippen LogP contribution is -2.28. The van der Waals surface area contributed by atoms with Gasteiger partial charge in [-0.05, 0) is 54.8 Å². The van der Waals surface area contributed by atoms with Gasteiger partial charge in [0.1, 0.15) is 5.82 Å². The van der Waals surface area contributed by atoms with Crippen molar-refractivity contribution in [1.29, 1.82) is 0 Å². The van der Waals surface area contributed by atoms with Gasteiger partial charge in [0.25, 0.3) is 5.91 Å². The zero-order valence-corrected chi connectivity index (χ0v) is 15.2. The summed E-state index contributed by atoms with van der Waals surface area (Å²) in [6.07, 6.45) is 1.62. The second kappa shape index (κ2) is 11.1. The number of nitrogens with one attached hydrogen (secondary N) is 2. The van der Waals surface area contributed by atoms with Crippen molar-refractivity contribution >= 4 is 29.9 Å². The van der Waals surface area contributed by atoms with Gasteiger partial charge in [-0.25, -0.2) is 4.39 Å². The van der Waals surface area contributed by atoms with Crippen LogP contribution in [-0.4, -0.2) is 24.9 Å². The summed E-state index contributed by atoms with van der Waals surface area (Å²) < 4.78 is 12.8. The van der Waals surface area contributed by atoms with Crippen LogP contribution in [0, 0.1) is 5.82 Å². The number of hydrogen-bond donors (Lipinski definition) is 3. The molecule has 0 atom stereocenters. The molecule has 26 heavy (non-hydrogen) atoms. The van der Waals surface area contributed by atoms with Crippen LogP contribution in [0.1, 0.15) is 28.8 Å². The molecule has 0 heterocycles. The van der Waals surface area contributed by atoms with Crippen LogP contribution in [0.25, 0.3) is 0 Å². The van der Waals surface area contributed by atoms with Crippen LogP contribution in [0.2, 0.25) is 0 Å². The van der Waals surface area contributed by atoms with Crippen molar-refractivity contribution in [2.75, 3.05) is 18.8 Å². The van der Waals surface area contributed by atoms with Crippen molar-refractivity contribution in [3.05, 3.63) is 65.5 Å². The third-order valence-electron chi connectivity index (χ3n) is 3.69. The molecule has 140 valence electrons. The molecule has 0 radical (unpaired) electrons. The minimum Gasteiger partial charge on any atom is -0.399 e. The van der Waals surface area contributed by atoms with Gasteiger partial charge in [-0.15, -0.1) is 12.4 Å². The fraction of sp³-hybridized carbons (Fsp3) is 0.263. The van der Waals surface area contributed by atoms with E-state index >= 15 is 0 Å². The van der Waals surface area contributed by atoms with E-state index in [1.54, 1.807) is 0 Å². The van der Waals surface area contributed by atoms with Crippen LogP contribution in [0.15, 0.2) is 48.5 Å². The molecule has 0 bridgehead atoms. The Morgan fingerprint density at radius 2 is 1.58 bits per heavy atom. The van der Waals surface area contributed by atoms with E-state index in [0.717, 1.165) is 17.7 Å². The Balaban J connectivity index is 0.00000338. The van der Waals surface area contributed by atoms with Crippen molar-refractivity contribution in [2.24, 2.45) is 0 Å². The summed E-state index contributed by atoms with van der Waals surface area (Å²) >= 11 is 0. The highest BCUT2D eigenvalue weighted by Gasteiger charge is 2.06. The molecule has 0 fully saturated rings. The fourth-order valence-corrected chi connectivity index (χ4v) is 2.27. The van der Waals surface area contributed by atoms with Crippen molar-refractivity contribution in [3.8, 4) is 0 Å². The molecule has 0 spiro atoms. The van der Waals surface area contributed by atoms with Crippen LogP contribution in [-0.2, 0) is 11.2 Å². The molecular weight excluding hydrogens is 357 g/mol. The van der Waals surface area contributed by atoms with Crippen molar-refractivity contribution < 1.29 is 14.0 Å². The normalized spacial score (nSPS) is 9.88. The van der Waals surface area contributed by atoms with Crippen molar-refractivity contribution in [3.63, 3.8) is 0 Å². The quantitative estimate of drug-likeness (QED) is 0.487. The van der Waals surface area contributed by atoms with E-state index in [4.69, 9.17) is 5.73 Å². The van der Waals surface area contributed by atoms with Gasteiger partial charge >= 0.3 is 0 Å². The second-order valence-electron chi connectivity index (χ2n) is 5.71. The molecule has 2 rings (SSSR count). The zero-order valence-electron chi connectivity index (χ0n) is 14.3. The number of rotatable bonds is 8. The Labute approximate surface area is 158 Å². The number of benzene rings is 2. The lowest BCUT2D eigenvalue weighted by atomic mass is 10.1. The number of amides is 2. The largest absolute Gasteiger partial charge is 0.399 e. The molecule has 0 unspecified atom stereocenters. The third-order valence-corrected chi connectivity index (χ3v) is 3.69. The summed E-state index contributed by atoms with van der Waals surface area (Å²) in [5.74, 6) is -0.706. The summed E-state index contributed by atoms with van der Waals surface area (Å²) in [5, 5.41) is 5.56. The molecule has 0 aliphatic rings. The van der Waals surface area contributed by atoms with E-state index in [9.17, 15) is 14.0 Å². The van der Waals surface area contributed by atoms with Gasteiger partial charge in [0.15, 0.2) is 0 Å². The average Bonchev–Trinajstić information content (AvgIpc) is 2.61. The van der Waals surface area contributed by atoms with Gasteiger partial charge in [0, 0.05) is 30.8 Å². The maximum absolute atomic E-state index is 12.8. The third kappa shape index (κ3) is 7.53. The molecule has 2 aromatic carbocycles. The summed E-state index contributed by atoms with van der Waals surface area (Å²) in [7, 11) is 0. The average molecular weight is 380 g/mol. The monoisotopic (exact) mass is 379 g/mol. The number of halogens is 2. The molecule has 7 heteroatoms. The predicted molar refractivity (Wildman–Crippen MR) is 103 cm³/mol. The van der Waals surface area contributed by atoms with Crippen LogP contribution >= 0.6 is 12.4 Å². The molecule has 0 aliphatic heterocycles. The Bertz CT molecular complexity index is 706. The number of anilines is 1. The lowest BCUT2D eigenvalue weighted by Gasteiger charge is -2.07. The second-order valence-corrected chi connectivity index (χ2v) is 5.71. The van der Waals surface area contributed by atoms with E-state index in [0.29, 0.717) is 31.5 Å². The molecule has 0 saturated carbocycles. The molecule has 0 aliphatic carbocycles. The zero-order chi connectivity index (χ0) is 18.1. The molecule has 2 amide bonds. The maximum Gasteiger partial charge on any atom is 0.251 e. The van der Waals surface area contributed by atoms with Crippen LogP contribution in [0.4, 0.5) is 10.1 Å². The van der Waals surface area contributed by atoms with Gasteiger partial charge in [0.2, 0.25) is 5.91 Å². The van der Waals surface area contributed by atoms with E-state index < -0.39 is 0 Å². The number of nitrogen functional groups attached to an aromatic ring is 1. The van der Waals surface area contributed by atoms with E-state index in [1.807, 2.05) is 24.3 Å². The number of hydrogen-bond acceptors (Lipinski definition) is 3. The SMILES string of the molecule is Cl.Nc1ccc(CCNC(=O)CCCNC(=O)c2ccc(F)cc2)cc1. The van der Waals surface area contributed by atoms with Crippen molar-refractivity contribution in [1.82, 2.24) is 10.6 Å².